The molecule has 0 atom stereocenters. The standard InChI is InChI=1S/C19H16ClFN2O4S2/c1-13-6-9-15(22-28(24,25)16-10-7-14(20)8-11-16)12-19(13)29(26,27)23-18-5-3-2-4-17(18)21/h2-12,22-23H,1H3. The molecule has 0 unspecified atom stereocenters. The molecular formula is C19H16ClFN2O4S2. The minimum Gasteiger partial charge on any atom is -0.280 e. The summed E-state index contributed by atoms with van der Waals surface area (Å²) in [6.45, 7) is 1.55. The zero-order valence-electron chi connectivity index (χ0n) is 15.1. The highest BCUT2D eigenvalue weighted by atomic mass is 35.5. The molecule has 0 heterocycles. The number of para-hydroxylation sites is 1. The fourth-order valence-corrected chi connectivity index (χ4v) is 5.04. The summed E-state index contributed by atoms with van der Waals surface area (Å²) in [6.07, 6.45) is 0. The van der Waals surface area contributed by atoms with Gasteiger partial charge >= 0.3 is 0 Å². The third-order valence-electron chi connectivity index (χ3n) is 3.97. The van der Waals surface area contributed by atoms with Crippen LogP contribution in [-0.2, 0) is 20.0 Å². The van der Waals surface area contributed by atoms with Gasteiger partial charge in [-0.15, -0.1) is 0 Å². The van der Waals surface area contributed by atoms with E-state index in [-0.39, 0.29) is 21.2 Å². The van der Waals surface area contributed by atoms with Gasteiger partial charge in [0.05, 0.1) is 21.2 Å². The van der Waals surface area contributed by atoms with Crippen molar-refractivity contribution in [3.63, 3.8) is 0 Å². The number of anilines is 2. The van der Waals surface area contributed by atoms with Crippen LogP contribution in [0.3, 0.4) is 0 Å². The second-order valence-corrected chi connectivity index (χ2v) is 9.89. The van der Waals surface area contributed by atoms with Crippen LogP contribution in [0.4, 0.5) is 15.8 Å². The van der Waals surface area contributed by atoms with Crippen molar-refractivity contribution in [3.05, 3.63) is 83.1 Å². The predicted molar refractivity (Wildman–Crippen MR) is 111 cm³/mol. The van der Waals surface area contributed by atoms with Crippen molar-refractivity contribution in [1.29, 1.82) is 0 Å². The molecule has 2 N–H and O–H groups in total. The zero-order chi connectivity index (χ0) is 21.2. The Labute approximate surface area is 173 Å². The first-order valence-electron chi connectivity index (χ1n) is 8.25. The molecule has 6 nitrogen and oxygen atoms in total. The molecule has 0 aromatic heterocycles. The molecule has 0 amide bonds. The third-order valence-corrected chi connectivity index (χ3v) is 7.13. The van der Waals surface area contributed by atoms with E-state index in [1.165, 1.54) is 60.7 Å². The number of aryl methyl sites for hydroxylation is 1. The molecule has 152 valence electrons. The molecule has 0 aliphatic heterocycles. The summed E-state index contributed by atoms with van der Waals surface area (Å²) in [5.41, 5.74) is 0.196. The van der Waals surface area contributed by atoms with E-state index in [4.69, 9.17) is 11.6 Å². The Hall–Kier alpha value is -2.62. The Morgan fingerprint density at radius 3 is 2.14 bits per heavy atom. The quantitative estimate of drug-likeness (QED) is 0.577. The van der Waals surface area contributed by atoms with Gasteiger partial charge in [0.15, 0.2) is 0 Å². The normalized spacial score (nSPS) is 11.8. The highest BCUT2D eigenvalue weighted by molar-refractivity contribution is 7.93. The van der Waals surface area contributed by atoms with Crippen LogP contribution in [0, 0.1) is 12.7 Å². The molecule has 10 heteroatoms. The topological polar surface area (TPSA) is 92.3 Å². The largest absolute Gasteiger partial charge is 0.280 e. The van der Waals surface area contributed by atoms with Gasteiger partial charge in [-0.3, -0.25) is 9.44 Å². The molecule has 0 spiro atoms. The minimum atomic E-state index is -4.16. The van der Waals surface area contributed by atoms with Crippen molar-refractivity contribution in [2.24, 2.45) is 0 Å². The summed E-state index contributed by atoms with van der Waals surface area (Å²) in [5.74, 6) is -0.728. The van der Waals surface area contributed by atoms with E-state index >= 15 is 0 Å². The van der Waals surface area contributed by atoms with Crippen LogP contribution in [0.2, 0.25) is 5.02 Å². The third kappa shape index (κ3) is 4.87. The lowest BCUT2D eigenvalue weighted by Gasteiger charge is -2.14. The lowest BCUT2D eigenvalue weighted by Crippen LogP contribution is -2.17. The summed E-state index contributed by atoms with van der Waals surface area (Å²) in [6, 6.07) is 14.9. The first-order valence-corrected chi connectivity index (χ1v) is 11.6. The van der Waals surface area contributed by atoms with Crippen LogP contribution in [-0.4, -0.2) is 16.8 Å². The molecule has 3 rings (SSSR count). The van der Waals surface area contributed by atoms with E-state index in [0.29, 0.717) is 10.6 Å². The Morgan fingerprint density at radius 1 is 0.828 bits per heavy atom. The van der Waals surface area contributed by atoms with E-state index in [2.05, 4.69) is 9.44 Å². The lowest BCUT2D eigenvalue weighted by atomic mass is 10.2. The van der Waals surface area contributed by atoms with Crippen LogP contribution in [0.25, 0.3) is 0 Å². The molecule has 0 saturated heterocycles. The van der Waals surface area contributed by atoms with Gasteiger partial charge in [0, 0.05) is 5.02 Å². The molecule has 0 fully saturated rings. The van der Waals surface area contributed by atoms with Crippen molar-refractivity contribution in [1.82, 2.24) is 0 Å². The van der Waals surface area contributed by atoms with Crippen LogP contribution in [0.15, 0.2) is 76.5 Å². The second-order valence-electron chi connectivity index (χ2n) is 6.13. The highest BCUT2D eigenvalue weighted by Crippen LogP contribution is 2.26. The number of nitrogens with one attached hydrogen (secondary N) is 2. The molecule has 0 aliphatic carbocycles. The highest BCUT2D eigenvalue weighted by Gasteiger charge is 2.21. The smallest absolute Gasteiger partial charge is 0.262 e. The maximum Gasteiger partial charge on any atom is 0.262 e. The summed E-state index contributed by atoms with van der Waals surface area (Å²) in [4.78, 5) is -0.214. The maximum absolute atomic E-state index is 13.8. The lowest BCUT2D eigenvalue weighted by molar-refractivity contribution is 0.597. The Kier molecular flexibility index (Phi) is 5.83. The first kappa shape index (κ1) is 21.1. The summed E-state index contributed by atoms with van der Waals surface area (Å²) < 4.78 is 68.8. The molecule has 3 aromatic rings. The van der Waals surface area contributed by atoms with E-state index in [1.54, 1.807) is 6.92 Å². The number of benzene rings is 3. The van der Waals surface area contributed by atoms with Crippen molar-refractivity contribution in [3.8, 4) is 0 Å². The first-order chi connectivity index (χ1) is 13.6. The number of rotatable bonds is 6. The average molecular weight is 455 g/mol. The van der Waals surface area contributed by atoms with Gasteiger partial charge in [-0.2, -0.15) is 0 Å². The molecule has 0 aliphatic rings. The maximum atomic E-state index is 13.8. The summed E-state index contributed by atoms with van der Waals surface area (Å²) >= 11 is 5.77. The Morgan fingerprint density at radius 2 is 1.48 bits per heavy atom. The van der Waals surface area contributed by atoms with Crippen molar-refractivity contribution < 1.29 is 21.2 Å². The Bertz CT molecular complexity index is 1260. The van der Waals surface area contributed by atoms with Gasteiger partial charge in [0.2, 0.25) is 0 Å². The van der Waals surface area contributed by atoms with Gasteiger partial charge in [-0.25, -0.2) is 21.2 Å². The molecule has 29 heavy (non-hydrogen) atoms. The van der Waals surface area contributed by atoms with Gasteiger partial charge in [-0.05, 0) is 61.0 Å². The summed E-state index contributed by atoms with van der Waals surface area (Å²) in [5, 5.41) is 0.381. The van der Waals surface area contributed by atoms with Gasteiger partial charge < -0.3 is 0 Å². The SMILES string of the molecule is Cc1ccc(NS(=O)(=O)c2ccc(Cl)cc2)cc1S(=O)(=O)Nc1ccccc1F. The van der Waals surface area contributed by atoms with Gasteiger partial charge in [0.1, 0.15) is 5.82 Å². The molecular weight excluding hydrogens is 439 g/mol. The van der Waals surface area contributed by atoms with Crippen LogP contribution >= 0.6 is 11.6 Å². The minimum absolute atomic E-state index is 0.0311. The molecule has 0 saturated carbocycles. The van der Waals surface area contributed by atoms with Crippen molar-refractivity contribution in [2.75, 3.05) is 9.44 Å². The number of hydrogen-bond donors (Lipinski definition) is 2. The molecule has 0 radical (unpaired) electrons. The zero-order valence-corrected chi connectivity index (χ0v) is 17.4. The fourth-order valence-electron chi connectivity index (χ4n) is 2.52. The number of sulfonamides is 2. The Balaban J connectivity index is 1.93. The second kappa shape index (κ2) is 8.02. The number of hydrogen-bond acceptors (Lipinski definition) is 4. The molecule has 3 aromatic carbocycles. The van der Waals surface area contributed by atoms with E-state index in [0.717, 1.165) is 6.07 Å². The van der Waals surface area contributed by atoms with E-state index < -0.39 is 25.9 Å². The van der Waals surface area contributed by atoms with Crippen LogP contribution < -0.4 is 9.44 Å². The van der Waals surface area contributed by atoms with E-state index in [9.17, 15) is 21.2 Å². The average Bonchev–Trinajstić information content (AvgIpc) is 2.65. The van der Waals surface area contributed by atoms with Crippen LogP contribution in [0.1, 0.15) is 5.56 Å². The molecule has 0 bridgehead atoms. The van der Waals surface area contributed by atoms with Gasteiger partial charge in [0.25, 0.3) is 20.0 Å². The number of halogens is 2. The summed E-state index contributed by atoms with van der Waals surface area (Å²) in [7, 11) is -8.11. The monoisotopic (exact) mass is 454 g/mol. The van der Waals surface area contributed by atoms with E-state index in [1.807, 2.05) is 0 Å². The fraction of sp³-hybridized carbons (Fsp3) is 0.0526. The van der Waals surface area contributed by atoms with Crippen molar-refractivity contribution in [2.45, 2.75) is 16.7 Å². The van der Waals surface area contributed by atoms with Crippen LogP contribution in [0.5, 0.6) is 0 Å². The van der Waals surface area contributed by atoms with Gasteiger partial charge in [-0.1, -0.05) is 29.8 Å². The predicted octanol–water partition coefficient (Wildman–Crippen LogP) is 4.39. The van der Waals surface area contributed by atoms with Crippen molar-refractivity contribution >= 4 is 43.0 Å².